The Morgan fingerprint density at radius 2 is 1.70 bits per heavy atom. The topological polar surface area (TPSA) is 17.1 Å². The number of halogens is 2. The predicted molar refractivity (Wildman–Crippen MR) is 75.2 cm³/mol. The number of carbonyl (C=O) groups is 1. The van der Waals surface area contributed by atoms with E-state index in [2.05, 4.69) is 0 Å². The van der Waals surface area contributed by atoms with Crippen LogP contribution in [0.5, 0.6) is 0 Å². The fraction of sp³-hybridized carbons (Fsp3) is 0.118. The van der Waals surface area contributed by atoms with Gasteiger partial charge in [-0.3, -0.25) is 4.79 Å². The SMILES string of the molecule is O=C(/C=C/c1cccc(F)c1)CCc1cccc(F)c1. The van der Waals surface area contributed by atoms with E-state index in [9.17, 15) is 13.6 Å². The Balaban J connectivity index is 1.89. The average molecular weight is 272 g/mol. The fourth-order valence-corrected chi connectivity index (χ4v) is 1.84. The maximum absolute atomic E-state index is 13.0. The molecule has 0 radical (unpaired) electrons. The van der Waals surface area contributed by atoms with Gasteiger partial charge in [-0.2, -0.15) is 0 Å². The molecule has 2 aromatic carbocycles. The molecule has 0 saturated carbocycles. The second-order valence-electron chi connectivity index (χ2n) is 4.48. The van der Waals surface area contributed by atoms with Gasteiger partial charge in [-0.25, -0.2) is 8.78 Å². The van der Waals surface area contributed by atoms with Crippen LogP contribution in [0.1, 0.15) is 17.5 Å². The molecule has 102 valence electrons. The van der Waals surface area contributed by atoms with Crippen molar-refractivity contribution in [3.05, 3.63) is 77.4 Å². The van der Waals surface area contributed by atoms with Gasteiger partial charge in [0.25, 0.3) is 0 Å². The first-order chi connectivity index (χ1) is 9.63. The van der Waals surface area contributed by atoms with E-state index >= 15 is 0 Å². The van der Waals surface area contributed by atoms with Crippen LogP contribution in [0.25, 0.3) is 6.08 Å². The second-order valence-corrected chi connectivity index (χ2v) is 4.48. The van der Waals surface area contributed by atoms with Crippen LogP contribution in [0.2, 0.25) is 0 Å². The van der Waals surface area contributed by atoms with Crippen molar-refractivity contribution in [3.8, 4) is 0 Å². The number of hydrogen-bond donors (Lipinski definition) is 0. The number of hydrogen-bond acceptors (Lipinski definition) is 1. The van der Waals surface area contributed by atoms with E-state index < -0.39 is 0 Å². The lowest BCUT2D eigenvalue weighted by Gasteiger charge is -1.99. The van der Waals surface area contributed by atoms with Crippen LogP contribution in [0.3, 0.4) is 0 Å². The highest BCUT2D eigenvalue weighted by atomic mass is 19.1. The quantitative estimate of drug-likeness (QED) is 0.746. The molecule has 2 aromatic rings. The lowest BCUT2D eigenvalue weighted by molar-refractivity contribution is -0.114. The van der Waals surface area contributed by atoms with E-state index in [1.165, 1.54) is 30.3 Å². The normalized spacial score (nSPS) is 10.9. The van der Waals surface area contributed by atoms with Crippen molar-refractivity contribution in [1.29, 1.82) is 0 Å². The Labute approximate surface area is 116 Å². The van der Waals surface area contributed by atoms with Gasteiger partial charge in [-0.05, 0) is 47.9 Å². The van der Waals surface area contributed by atoms with Gasteiger partial charge >= 0.3 is 0 Å². The van der Waals surface area contributed by atoms with E-state index in [1.807, 2.05) is 0 Å². The third kappa shape index (κ3) is 4.43. The molecule has 0 aliphatic heterocycles. The largest absolute Gasteiger partial charge is 0.295 e. The van der Waals surface area contributed by atoms with Gasteiger partial charge in [0, 0.05) is 6.42 Å². The first-order valence-electron chi connectivity index (χ1n) is 6.34. The van der Waals surface area contributed by atoms with Gasteiger partial charge < -0.3 is 0 Å². The van der Waals surface area contributed by atoms with Crippen molar-refractivity contribution >= 4 is 11.9 Å². The molecule has 0 aliphatic carbocycles. The molecular formula is C17H14F2O. The summed E-state index contributed by atoms with van der Waals surface area (Å²) in [5.41, 5.74) is 1.43. The van der Waals surface area contributed by atoms with E-state index in [4.69, 9.17) is 0 Å². The molecule has 0 N–H and O–H groups in total. The van der Waals surface area contributed by atoms with Crippen molar-refractivity contribution in [3.63, 3.8) is 0 Å². The molecule has 0 unspecified atom stereocenters. The number of allylic oxidation sites excluding steroid dienone is 1. The van der Waals surface area contributed by atoms with Gasteiger partial charge in [0.05, 0.1) is 0 Å². The third-order valence-corrected chi connectivity index (χ3v) is 2.86. The van der Waals surface area contributed by atoms with Crippen LogP contribution in [0, 0.1) is 11.6 Å². The minimum atomic E-state index is -0.334. The van der Waals surface area contributed by atoms with Crippen molar-refractivity contribution < 1.29 is 13.6 Å². The molecule has 2 rings (SSSR count). The van der Waals surface area contributed by atoms with Crippen molar-refractivity contribution in [2.24, 2.45) is 0 Å². The van der Waals surface area contributed by atoms with Crippen LogP contribution < -0.4 is 0 Å². The number of aryl methyl sites for hydroxylation is 1. The maximum atomic E-state index is 13.0. The molecule has 1 nitrogen and oxygen atoms in total. The molecule has 0 fully saturated rings. The van der Waals surface area contributed by atoms with Crippen LogP contribution in [-0.4, -0.2) is 5.78 Å². The number of carbonyl (C=O) groups excluding carboxylic acids is 1. The Hall–Kier alpha value is -2.29. The van der Waals surface area contributed by atoms with Crippen LogP contribution in [0.4, 0.5) is 8.78 Å². The van der Waals surface area contributed by atoms with E-state index in [0.717, 1.165) is 5.56 Å². The molecular weight excluding hydrogens is 258 g/mol. The summed E-state index contributed by atoms with van der Waals surface area (Å²) < 4.78 is 25.9. The van der Waals surface area contributed by atoms with Crippen molar-refractivity contribution in [2.45, 2.75) is 12.8 Å². The molecule has 0 heterocycles. The van der Waals surface area contributed by atoms with Crippen molar-refractivity contribution in [1.82, 2.24) is 0 Å². The van der Waals surface area contributed by atoms with Gasteiger partial charge in [0.15, 0.2) is 5.78 Å². The number of benzene rings is 2. The molecule has 0 saturated heterocycles. The predicted octanol–water partition coefficient (Wildman–Crippen LogP) is 4.18. The van der Waals surface area contributed by atoms with E-state index in [-0.39, 0.29) is 17.4 Å². The molecule has 0 amide bonds. The zero-order valence-corrected chi connectivity index (χ0v) is 10.9. The Morgan fingerprint density at radius 1 is 1.00 bits per heavy atom. The summed E-state index contributed by atoms with van der Waals surface area (Å²) in [7, 11) is 0. The van der Waals surface area contributed by atoms with Gasteiger partial charge in [0.1, 0.15) is 11.6 Å². The highest BCUT2D eigenvalue weighted by Gasteiger charge is 2.00. The molecule has 0 bridgehead atoms. The lowest BCUT2D eigenvalue weighted by Crippen LogP contribution is -1.96. The summed E-state index contributed by atoms with van der Waals surface area (Å²) in [6.07, 6.45) is 3.80. The zero-order chi connectivity index (χ0) is 14.4. The molecule has 20 heavy (non-hydrogen) atoms. The van der Waals surface area contributed by atoms with E-state index in [1.54, 1.807) is 30.3 Å². The molecule has 0 aliphatic rings. The van der Waals surface area contributed by atoms with Gasteiger partial charge in [0.2, 0.25) is 0 Å². The summed E-state index contributed by atoms with van der Waals surface area (Å²) in [5, 5.41) is 0. The summed E-state index contributed by atoms with van der Waals surface area (Å²) >= 11 is 0. The lowest BCUT2D eigenvalue weighted by atomic mass is 10.1. The second kappa shape index (κ2) is 6.75. The smallest absolute Gasteiger partial charge is 0.156 e. The fourth-order valence-electron chi connectivity index (χ4n) is 1.84. The van der Waals surface area contributed by atoms with Gasteiger partial charge in [-0.1, -0.05) is 30.3 Å². The molecule has 0 atom stereocenters. The average Bonchev–Trinajstić information content (AvgIpc) is 2.43. The van der Waals surface area contributed by atoms with E-state index in [0.29, 0.717) is 18.4 Å². The number of ketones is 1. The minimum absolute atomic E-state index is 0.0708. The first kappa shape index (κ1) is 14.1. The third-order valence-electron chi connectivity index (χ3n) is 2.86. The summed E-state index contributed by atoms with van der Waals surface area (Å²) in [6.45, 7) is 0. The van der Waals surface area contributed by atoms with Gasteiger partial charge in [-0.15, -0.1) is 0 Å². The molecule has 0 spiro atoms. The summed E-state index contributed by atoms with van der Waals surface area (Å²) in [6, 6.07) is 12.2. The minimum Gasteiger partial charge on any atom is -0.295 e. The first-order valence-corrected chi connectivity index (χ1v) is 6.34. The van der Waals surface area contributed by atoms with Crippen LogP contribution in [-0.2, 0) is 11.2 Å². The summed E-state index contributed by atoms with van der Waals surface area (Å²) in [4.78, 5) is 11.7. The Morgan fingerprint density at radius 3 is 2.40 bits per heavy atom. The highest BCUT2D eigenvalue weighted by Crippen LogP contribution is 2.08. The van der Waals surface area contributed by atoms with Crippen LogP contribution in [0.15, 0.2) is 54.6 Å². The summed E-state index contributed by atoms with van der Waals surface area (Å²) in [5.74, 6) is -0.705. The Kier molecular flexibility index (Phi) is 4.77. The van der Waals surface area contributed by atoms with Crippen molar-refractivity contribution in [2.75, 3.05) is 0 Å². The number of rotatable bonds is 5. The Bertz CT molecular complexity index is 632. The maximum Gasteiger partial charge on any atom is 0.156 e. The molecule has 0 aromatic heterocycles. The molecule has 3 heteroatoms. The van der Waals surface area contributed by atoms with Crippen LogP contribution >= 0.6 is 0 Å². The standard InChI is InChI=1S/C17H14F2O/c18-15-5-1-3-13(11-15)7-9-17(20)10-8-14-4-2-6-16(19)12-14/h1-7,9,11-12H,8,10H2/b9-7+. The highest BCUT2D eigenvalue weighted by molar-refractivity contribution is 5.93. The monoisotopic (exact) mass is 272 g/mol. The zero-order valence-electron chi connectivity index (χ0n) is 10.9.